The van der Waals surface area contributed by atoms with Crippen molar-refractivity contribution in [1.82, 2.24) is 14.5 Å². The number of nitrogens with one attached hydrogen (secondary N) is 1. The van der Waals surface area contributed by atoms with E-state index in [1.165, 1.54) is 17.7 Å². The zero-order valence-electron chi connectivity index (χ0n) is 13.2. The maximum absolute atomic E-state index is 11.8. The third-order valence-corrected chi connectivity index (χ3v) is 3.64. The number of ether oxygens (including phenoxy) is 1. The van der Waals surface area contributed by atoms with Gasteiger partial charge in [0.05, 0.1) is 12.5 Å². The number of esters is 1. The van der Waals surface area contributed by atoms with E-state index in [0.717, 1.165) is 4.57 Å². The molecule has 118 valence electrons. The fourth-order valence-electron chi connectivity index (χ4n) is 1.87. The van der Waals surface area contributed by atoms with Gasteiger partial charge < -0.3 is 10.1 Å². The molecule has 0 aliphatic carbocycles. The second kappa shape index (κ2) is 7.21. The smallest absolute Gasteiger partial charge is 0.330 e. The Kier molecular flexibility index (Phi) is 5.90. The first kappa shape index (κ1) is 17.2. The highest BCUT2D eigenvalue weighted by atomic mass is 16.5. The molecule has 1 aromatic heterocycles. The van der Waals surface area contributed by atoms with E-state index in [1.807, 2.05) is 6.92 Å². The van der Waals surface area contributed by atoms with Gasteiger partial charge in [-0.25, -0.2) is 4.79 Å². The van der Waals surface area contributed by atoms with Crippen molar-refractivity contribution in [2.24, 2.45) is 20.0 Å². The summed E-state index contributed by atoms with van der Waals surface area (Å²) in [4.78, 5) is 35.1. The minimum atomic E-state index is -0.370. The van der Waals surface area contributed by atoms with E-state index in [2.05, 4.69) is 5.32 Å². The van der Waals surface area contributed by atoms with Crippen LogP contribution in [0.4, 0.5) is 0 Å². The summed E-state index contributed by atoms with van der Waals surface area (Å²) in [5.41, 5.74) is -0.141. The first-order valence-electron chi connectivity index (χ1n) is 6.95. The molecule has 7 nitrogen and oxygen atoms in total. The molecule has 0 radical (unpaired) electrons. The molecule has 0 aromatic carbocycles. The predicted molar refractivity (Wildman–Crippen MR) is 79.0 cm³/mol. The van der Waals surface area contributed by atoms with Crippen LogP contribution in [0, 0.1) is 5.92 Å². The third kappa shape index (κ3) is 4.04. The monoisotopic (exact) mass is 297 g/mol. The summed E-state index contributed by atoms with van der Waals surface area (Å²) in [6.45, 7) is 6.07. The van der Waals surface area contributed by atoms with Gasteiger partial charge in [-0.3, -0.25) is 18.7 Å². The number of nitrogens with zero attached hydrogens (tertiary/aromatic N) is 2. The minimum absolute atomic E-state index is 0.136. The van der Waals surface area contributed by atoms with Crippen molar-refractivity contribution in [3.63, 3.8) is 0 Å². The average Bonchev–Trinajstić information content (AvgIpc) is 2.46. The Morgan fingerprint density at radius 1 is 1.29 bits per heavy atom. The molecule has 0 amide bonds. The summed E-state index contributed by atoms with van der Waals surface area (Å²) < 4.78 is 7.43. The number of aromatic nitrogens is 2. The van der Waals surface area contributed by atoms with Gasteiger partial charge in [-0.2, -0.15) is 0 Å². The molecule has 0 aliphatic heterocycles. The molecule has 1 heterocycles. The van der Waals surface area contributed by atoms with Crippen molar-refractivity contribution in [1.29, 1.82) is 0 Å². The molecule has 0 saturated carbocycles. The van der Waals surface area contributed by atoms with Crippen molar-refractivity contribution < 1.29 is 9.53 Å². The molecule has 0 bridgehead atoms. The van der Waals surface area contributed by atoms with Gasteiger partial charge in [0.1, 0.15) is 0 Å². The van der Waals surface area contributed by atoms with Crippen LogP contribution < -0.4 is 16.6 Å². The van der Waals surface area contributed by atoms with Crippen LogP contribution in [0.25, 0.3) is 0 Å². The van der Waals surface area contributed by atoms with E-state index in [0.29, 0.717) is 18.8 Å². The van der Waals surface area contributed by atoms with E-state index in [-0.39, 0.29) is 29.2 Å². The molecular formula is C14H23N3O4. The zero-order valence-corrected chi connectivity index (χ0v) is 13.2. The topological polar surface area (TPSA) is 82.3 Å². The maximum Gasteiger partial charge on any atom is 0.330 e. The Bertz CT molecular complexity index is 618. The fraction of sp³-hybridized carbons (Fsp3) is 0.643. The van der Waals surface area contributed by atoms with Gasteiger partial charge in [0.25, 0.3) is 5.56 Å². The summed E-state index contributed by atoms with van der Waals surface area (Å²) in [5.74, 6) is -0.580. The van der Waals surface area contributed by atoms with Crippen LogP contribution in [0.3, 0.4) is 0 Å². The Morgan fingerprint density at radius 3 is 2.48 bits per heavy atom. The summed E-state index contributed by atoms with van der Waals surface area (Å²) in [5, 5.41) is 3.14. The SMILES string of the molecule is CCOC(=O)[C@H](C)[C@@H](C)NCc1cc(=O)n(C)c(=O)n1C. The van der Waals surface area contributed by atoms with Crippen LogP contribution in [-0.4, -0.2) is 27.8 Å². The molecule has 0 spiro atoms. The zero-order chi connectivity index (χ0) is 16.2. The fourth-order valence-corrected chi connectivity index (χ4v) is 1.87. The number of hydrogen-bond donors (Lipinski definition) is 1. The molecule has 0 saturated heterocycles. The normalized spacial score (nSPS) is 13.8. The lowest BCUT2D eigenvalue weighted by Gasteiger charge is -2.20. The molecule has 0 fully saturated rings. The van der Waals surface area contributed by atoms with Crippen molar-refractivity contribution in [2.45, 2.75) is 33.4 Å². The van der Waals surface area contributed by atoms with Gasteiger partial charge in [-0.15, -0.1) is 0 Å². The van der Waals surface area contributed by atoms with Crippen molar-refractivity contribution in [2.75, 3.05) is 6.61 Å². The molecule has 1 rings (SSSR count). The van der Waals surface area contributed by atoms with Gasteiger partial charge in [0, 0.05) is 38.4 Å². The summed E-state index contributed by atoms with van der Waals surface area (Å²) >= 11 is 0. The highest BCUT2D eigenvalue weighted by molar-refractivity contribution is 5.72. The molecule has 1 N–H and O–H groups in total. The van der Waals surface area contributed by atoms with Gasteiger partial charge >= 0.3 is 11.7 Å². The second-order valence-electron chi connectivity index (χ2n) is 5.08. The Hall–Kier alpha value is -1.89. The van der Waals surface area contributed by atoms with Gasteiger partial charge in [-0.05, 0) is 13.8 Å². The van der Waals surface area contributed by atoms with Gasteiger partial charge in [-0.1, -0.05) is 6.92 Å². The van der Waals surface area contributed by atoms with E-state index >= 15 is 0 Å². The van der Waals surface area contributed by atoms with Crippen LogP contribution in [0.15, 0.2) is 15.7 Å². The molecule has 1 aromatic rings. The van der Waals surface area contributed by atoms with Crippen molar-refractivity contribution in [3.8, 4) is 0 Å². The molecular weight excluding hydrogens is 274 g/mol. The highest BCUT2D eigenvalue weighted by Crippen LogP contribution is 2.06. The van der Waals surface area contributed by atoms with E-state index in [1.54, 1.807) is 20.9 Å². The molecule has 7 heteroatoms. The lowest BCUT2D eigenvalue weighted by molar-refractivity contribution is -0.148. The number of hydrogen-bond acceptors (Lipinski definition) is 5. The van der Waals surface area contributed by atoms with E-state index in [4.69, 9.17) is 4.74 Å². The number of carbonyl (C=O) groups is 1. The van der Waals surface area contributed by atoms with E-state index in [9.17, 15) is 14.4 Å². The molecule has 0 unspecified atom stereocenters. The minimum Gasteiger partial charge on any atom is -0.466 e. The van der Waals surface area contributed by atoms with Crippen LogP contribution in [0.1, 0.15) is 26.5 Å². The Balaban J connectivity index is 2.78. The summed E-state index contributed by atoms with van der Waals surface area (Å²) in [7, 11) is 3.05. The van der Waals surface area contributed by atoms with Crippen LogP contribution in [0.2, 0.25) is 0 Å². The first-order valence-corrected chi connectivity index (χ1v) is 6.95. The number of rotatable bonds is 6. The lowest BCUT2D eigenvalue weighted by atomic mass is 10.0. The van der Waals surface area contributed by atoms with Crippen LogP contribution in [-0.2, 0) is 30.2 Å². The molecule has 0 aliphatic rings. The second-order valence-corrected chi connectivity index (χ2v) is 5.08. The third-order valence-electron chi connectivity index (χ3n) is 3.64. The quantitative estimate of drug-likeness (QED) is 0.733. The van der Waals surface area contributed by atoms with E-state index < -0.39 is 0 Å². The Labute approximate surface area is 123 Å². The lowest BCUT2D eigenvalue weighted by Crippen LogP contribution is -2.41. The molecule has 2 atom stereocenters. The predicted octanol–water partition coefficient (Wildman–Crippen LogP) is -0.239. The first-order chi connectivity index (χ1) is 9.79. The summed E-state index contributed by atoms with van der Waals surface area (Å²) in [6.07, 6.45) is 0. The van der Waals surface area contributed by atoms with Crippen molar-refractivity contribution >= 4 is 5.97 Å². The van der Waals surface area contributed by atoms with Gasteiger partial charge in [0.2, 0.25) is 0 Å². The highest BCUT2D eigenvalue weighted by Gasteiger charge is 2.21. The van der Waals surface area contributed by atoms with Gasteiger partial charge in [0.15, 0.2) is 0 Å². The van der Waals surface area contributed by atoms with Crippen molar-refractivity contribution in [3.05, 3.63) is 32.6 Å². The molecule has 21 heavy (non-hydrogen) atoms. The number of carbonyl (C=O) groups excluding carboxylic acids is 1. The Morgan fingerprint density at radius 2 is 1.90 bits per heavy atom. The van der Waals surface area contributed by atoms with Crippen LogP contribution in [0.5, 0.6) is 0 Å². The largest absolute Gasteiger partial charge is 0.466 e. The summed E-state index contributed by atoms with van der Waals surface area (Å²) in [6, 6.07) is 1.28. The van der Waals surface area contributed by atoms with Crippen LogP contribution >= 0.6 is 0 Å². The standard InChI is InChI=1S/C14H23N3O4/c1-6-21-13(19)9(2)10(3)15-8-11-7-12(18)17(5)14(20)16(11)4/h7,9-10,15H,6,8H2,1-5H3/t9-,10-/m1/s1. The maximum atomic E-state index is 11.8. The average molecular weight is 297 g/mol.